The summed E-state index contributed by atoms with van der Waals surface area (Å²) >= 11 is 0. The molecule has 1 aliphatic heterocycles. The molecule has 1 heterocycles. The molecule has 1 aliphatic carbocycles. The smallest absolute Gasteiger partial charge is 0.308 e. The molecule has 1 N–H and O–H groups in total. The van der Waals surface area contributed by atoms with Gasteiger partial charge in [-0.25, -0.2) is 0 Å². The first-order valence-corrected chi connectivity index (χ1v) is 7.15. The van der Waals surface area contributed by atoms with E-state index < -0.39 is 11.9 Å². The van der Waals surface area contributed by atoms with Crippen molar-refractivity contribution in [1.29, 1.82) is 0 Å². The fourth-order valence-electron chi connectivity index (χ4n) is 3.14. The minimum Gasteiger partial charge on any atom is -0.481 e. The summed E-state index contributed by atoms with van der Waals surface area (Å²) in [6, 6.07) is 7.46. The zero-order chi connectivity index (χ0) is 14.3. The summed E-state index contributed by atoms with van der Waals surface area (Å²) in [6.07, 6.45) is 2.22. The predicted molar refractivity (Wildman–Crippen MR) is 74.4 cm³/mol. The summed E-state index contributed by atoms with van der Waals surface area (Å²) in [4.78, 5) is 25.5. The van der Waals surface area contributed by atoms with E-state index in [1.807, 2.05) is 31.2 Å². The Morgan fingerprint density at radius 2 is 1.80 bits per heavy atom. The lowest BCUT2D eigenvalue weighted by atomic mass is 9.92. The Morgan fingerprint density at radius 3 is 2.35 bits per heavy atom. The summed E-state index contributed by atoms with van der Waals surface area (Å²) in [7, 11) is 0. The molecule has 1 saturated carbocycles. The number of aryl methyl sites for hydroxylation is 1. The standard InChI is InChI=1S/C16H19NO3/c1-10-2-4-12(5-3-10)15(18)17-8-13(11-6-7-11)14(9-17)16(19)20/h2-5,11,13-14H,6-9H2,1H3,(H,19,20)/t13-,14+/m1/s1. The number of hydrogen-bond acceptors (Lipinski definition) is 2. The lowest BCUT2D eigenvalue weighted by Crippen LogP contribution is -2.29. The SMILES string of the molecule is Cc1ccc(C(=O)N2C[C@H](C(=O)O)[C@@H](C3CC3)C2)cc1. The Balaban J connectivity index is 1.76. The van der Waals surface area contributed by atoms with Gasteiger partial charge in [-0.05, 0) is 43.7 Å². The number of likely N-dealkylation sites (tertiary alicyclic amines) is 1. The molecular formula is C16H19NO3. The van der Waals surface area contributed by atoms with E-state index in [-0.39, 0.29) is 11.8 Å². The number of carbonyl (C=O) groups excluding carboxylic acids is 1. The Labute approximate surface area is 118 Å². The summed E-state index contributed by atoms with van der Waals surface area (Å²) in [5, 5.41) is 9.33. The Kier molecular flexibility index (Phi) is 3.24. The highest BCUT2D eigenvalue weighted by Gasteiger charge is 2.46. The number of aliphatic carboxylic acids is 1. The average molecular weight is 273 g/mol. The third kappa shape index (κ3) is 2.42. The number of nitrogens with zero attached hydrogens (tertiary/aromatic N) is 1. The molecule has 1 amide bonds. The van der Waals surface area contributed by atoms with Crippen molar-refractivity contribution in [3.8, 4) is 0 Å². The number of rotatable bonds is 3. The van der Waals surface area contributed by atoms with Gasteiger partial charge in [0.1, 0.15) is 0 Å². The number of benzene rings is 1. The lowest BCUT2D eigenvalue weighted by Gasteiger charge is -2.16. The highest BCUT2D eigenvalue weighted by molar-refractivity contribution is 5.94. The maximum Gasteiger partial charge on any atom is 0.308 e. The average Bonchev–Trinajstić information content (AvgIpc) is 3.17. The van der Waals surface area contributed by atoms with Gasteiger partial charge < -0.3 is 10.0 Å². The molecule has 0 radical (unpaired) electrons. The molecular weight excluding hydrogens is 254 g/mol. The number of carbonyl (C=O) groups is 2. The van der Waals surface area contributed by atoms with Crippen LogP contribution in [0.25, 0.3) is 0 Å². The molecule has 0 aromatic heterocycles. The third-order valence-electron chi connectivity index (χ3n) is 4.50. The van der Waals surface area contributed by atoms with Crippen LogP contribution in [0.3, 0.4) is 0 Å². The predicted octanol–water partition coefficient (Wildman–Crippen LogP) is 2.18. The maximum atomic E-state index is 12.4. The van der Waals surface area contributed by atoms with Crippen molar-refractivity contribution in [2.24, 2.45) is 17.8 Å². The minimum atomic E-state index is -0.763. The maximum absolute atomic E-state index is 12.4. The summed E-state index contributed by atoms with van der Waals surface area (Å²) in [5.41, 5.74) is 1.76. The molecule has 2 aliphatic rings. The summed E-state index contributed by atoms with van der Waals surface area (Å²) < 4.78 is 0. The van der Waals surface area contributed by atoms with Crippen molar-refractivity contribution < 1.29 is 14.7 Å². The number of hydrogen-bond donors (Lipinski definition) is 1. The molecule has 0 unspecified atom stereocenters. The van der Waals surface area contributed by atoms with Crippen LogP contribution in [0.5, 0.6) is 0 Å². The van der Waals surface area contributed by atoms with Crippen molar-refractivity contribution in [1.82, 2.24) is 4.90 Å². The van der Waals surface area contributed by atoms with Gasteiger partial charge in [0.15, 0.2) is 0 Å². The topological polar surface area (TPSA) is 57.6 Å². The first kappa shape index (κ1) is 13.2. The van der Waals surface area contributed by atoms with Gasteiger partial charge in [-0.2, -0.15) is 0 Å². The largest absolute Gasteiger partial charge is 0.481 e. The number of amides is 1. The second kappa shape index (κ2) is 4.93. The van der Waals surface area contributed by atoms with Gasteiger partial charge in [-0.1, -0.05) is 17.7 Å². The van der Waals surface area contributed by atoms with Gasteiger partial charge >= 0.3 is 5.97 Å². The molecule has 1 saturated heterocycles. The van der Waals surface area contributed by atoms with E-state index >= 15 is 0 Å². The molecule has 106 valence electrons. The molecule has 2 atom stereocenters. The van der Waals surface area contributed by atoms with Crippen LogP contribution in [-0.4, -0.2) is 35.0 Å². The minimum absolute atomic E-state index is 0.0422. The van der Waals surface area contributed by atoms with Crippen LogP contribution in [0.4, 0.5) is 0 Å². The fraction of sp³-hybridized carbons (Fsp3) is 0.500. The summed E-state index contributed by atoms with van der Waals surface area (Å²) in [6.45, 7) is 2.92. The second-order valence-corrected chi connectivity index (χ2v) is 6.02. The van der Waals surface area contributed by atoms with Crippen LogP contribution in [0.2, 0.25) is 0 Å². The molecule has 0 spiro atoms. The Morgan fingerprint density at radius 1 is 1.15 bits per heavy atom. The highest BCUT2D eigenvalue weighted by Crippen LogP contribution is 2.44. The van der Waals surface area contributed by atoms with Crippen molar-refractivity contribution in [3.05, 3.63) is 35.4 Å². The molecule has 2 fully saturated rings. The summed E-state index contributed by atoms with van der Waals surface area (Å²) in [5.74, 6) is -0.550. The Hall–Kier alpha value is -1.84. The first-order valence-electron chi connectivity index (χ1n) is 7.15. The lowest BCUT2D eigenvalue weighted by molar-refractivity contribution is -0.142. The second-order valence-electron chi connectivity index (χ2n) is 6.02. The van der Waals surface area contributed by atoms with E-state index in [1.54, 1.807) is 4.90 Å². The van der Waals surface area contributed by atoms with Gasteiger partial charge in [0.25, 0.3) is 5.91 Å². The van der Waals surface area contributed by atoms with E-state index in [9.17, 15) is 14.7 Å². The van der Waals surface area contributed by atoms with Gasteiger partial charge in [-0.15, -0.1) is 0 Å². The molecule has 4 nitrogen and oxygen atoms in total. The fourth-order valence-corrected chi connectivity index (χ4v) is 3.14. The zero-order valence-corrected chi connectivity index (χ0v) is 11.6. The van der Waals surface area contributed by atoms with Gasteiger partial charge in [0.2, 0.25) is 0 Å². The van der Waals surface area contributed by atoms with Crippen molar-refractivity contribution in [2.45, 2.75) is 19.8 Å². The third-order valence-corrected chi connectivity index (χ3v) is 4.50. The van der Waals surface area contributed by atoms with Crippen LogP contribution in [0.1, 0.15) is 28.8 Å². The van der Waals surface area contributed by atoms with E-state index in [2.05, 4.69) is 0 Å². The van der Waals surface area contributed by atoms with Crippen LogP contribution in [-0.2, 0) is 4.79 Å². The quantitative estimate of drug-likeness (QED) is 0.918. The molecule has 3 rings (SSSR count). The molecule has 0 bridgehead atoms. The normalized spacial score (nSPS) is 25.8. The van der Waals surface area contributed by atoms with E-state index in [4.69, 9.17) is 0 Å². The van der Waals surface area contributed by atoms with Crippen LogP contribution < -0.4 is 0 Å². The van der Waals surface area contributed by atoms with E-state index in [0.29, 0.717) is 24.6 Å². The number of carboxylic acids is 1. The Bertz CT molecular complexity index is 533. The van der Waals surface area contributed by atoms with Gasteiger partial charge in [-0.3, -0.25) is 9.59 Å². The van der Waals surface area contributed by atoms with Crippen LogP contribution in [0.15, 0.2) is 24.3 Å². The molecule has 20 heavy (non-hydrogen) atoms. The zero-order valence-electron chi connectivity index (χ0n) is 11.6. The van der Waals surface area contributed by atoms with Gasteiger partial charge in [0, 0.05) is 18.7 Å². The van der Waals surface area contributed by atoms with Crippen molar-refractivity contribution in [2.75, 3.05) is 13.1 Å². The highest BCUT2D eigenvalue weighted by atomic mass is 16.4. The molecule has 4 heteroatoms. The van der Waals surface area contributed by atoms with Crippen molar-refractivity contribution in [3.63, 3.8) is 0 Å². The van der Waals surface area contributed by atoms with E-state index in [1.165, 1.54) is 0 Å². The van der Waals surface area contributed by atoms with Gasteiger partial charge in [0.05, 0.1) is 5.92 Å². The number of carboxylic acid groups (broad SMARTS) is 1. The molecule has 1 aromatic rings. The van der Waals surface area contributed by atoms with E-state index in [0.717, 1.165) is 18.4 Å². The van der Waals surface area contributed by atoms with Crippen molar-refractivity contribution >= 4 is 11.9 Å². The first-order chi connectivity index (χ1) is 9.56. The van der Waals surface area contributed by atoms with Crippen LogP contribution in [0, 0.1) is 24.7 Å². The molecule has 1 aromatic carbocycles. The van der Waals surface area contributed by atoms with Crippen LogP contribution >= 0.6 is 0 Å². The monoisotopic (exact) mass is 273 g/mol.